The first-order valence-corrected chi connectivity index (χ1v) is 51.0. The van der Waals surface area contributed by atoms with Crippen LogP contribution in [0, 0.1) is 39.0 Å². The third-order valence-electron chi connectivity index (χ3n) is 25.5. The van der Waals surface area contributed by atoms with Crippen LogP contribution in [-0.2, 0) is 0 Å². The third kappa shape index (κ3) is 27.7. The minimum absolute atomic E-state index is 0.00261. The van der Waals surface area contributed by atoms with E-state index in [4.69, 9.17) is 4.11 Å². The van der Waals surface area contributed by atoms with Crippen molar-refractivity contribution in [2.75, 3.05) is 73.7 Å². The topological polar surface area (TPSA) is 430 Å². The van der Waals surface area contributed by atoms with Gasteiger partial charge in [-0.05, 0) is 246 Å². The maximum atomic E-state index is 14.1. The highest BCUT2D eigenvalue weighted by molar-refractivity contribution is 7.18. The number of aromatic nitrogens is 8. The third-order valence-corrected chi connectivity index (χ3v) is 29.8. The maximum absolute atomic E-state index is 14.1. The Bertz CT molecular complexity index is 5950. The molecule has 1 unspecified atom stereocenters. The maximum Gasteiger partial charge on any atom is 0.280 e. The molecule has 7 fully saturated rings. The highest BCUT2D eigenvalue weighted by Gasteiger charge is 2.50. The lowest BCUT2D eigenvalue weighted by molar-refractivity contribution is -0.0367. The summed E-state index contributed by atoms with van der Waals surface area (Å²) in [6.45, 7) is 35.0. The molecule has 3 aliphatic carbocycles. The van der Waals surface area contributed by atoms with Gasteiger partial charge < -0.3 is 82.6 Å². The number of hydrogen-bond donors (Lipinski definition) is 12. The van der Waals surface area contributed by atoms with E-state index in [1.807, 2.05) is 77.6 Å². The summed E-state index contributed by atoms with van der Waals surface area (Å²) in [7, 11) is 0. The molecule has 8 aromatic heterocycles. The molecule has 12 N–H and O–H groups in total. The average molecular weight is 2010 g/mol. The fourth-order valence-electron chi connectivity index (χ4n) is 17.0. The number of nitrogens with one attached hydrogen (secondary N) is 8. The van der Waals surface area contributed by atoms with Crippen molar-refractivity contribution in [2.45, 2.75) is 318 Å². The fraction of sp³-hybridized carbons (Fsp3) is 0.596. The summed E-state index contributed by atoms with van der Waals surface area (Å²) in [5.74, 6) is -6.02. The number of carbonyl (C=O) groups excluding carboxylic acids is 8. The summed E-state index contributed by atoms with van der Waals surface area (Å²) in [6, 6.07) is 7.18. The van der Waals surface area contributed by atoms with E-state index in [2.05, 4.69) is 131 Å². The summed E-state index contributed by atoms with van der Waals surface area (Å²) in [6.07, 6.45) is 16.4. The van der Waals surface area contributed by atoms with E-state index in [0.717, 1.165) is 135 Å². The van der Waals surface area contributed by atoms with Gasteiger partial charge in [-0.25, -0.2) is 57.4 Å². The van der Waals surface area contributed by atoms with Gasteiger partial charge in [-0.15, -0.1) is 45.3 Å². The second kappa shape index (κ2) is 43.6. The monoisotopic (exact) mass is 2000 g/mol. The summed E-state index contributed by atoms with van der Waals surface area (Å²) >= 11 is 4.31. The van der Waals surface area contributed by atoms with E-state index in [1.165, 1.54) is 24.2 Å². The second-order valence-corrected chi connectivity index (χ2v) is 45.1. The molecule has 7 atom stereocenters. The van der Waals surface area contributed by atoms with Crippen LogP contribution in [-0.4, -0.2) is 262 Å². The van der Waals surface area contributed by atoms with Gasteiger partial charge in [0.15, 0.2) is 20.0 Å². The molecule has 139 heavy (non-hydrogen) atoms. The number of carbonyl (C=O) groups is 8. The lowest BCUT2D eigenvalue weighted by atomic mass is 9.77. The molecule has 756 valence electrons. The molecule has 15 rings (SSSR count). The average Bonchev–Trinajstić information content (AvgIpc) is 1.63. The van der Waals surface area contributed by atoms with Crippen LogP contribution in [0.25, 0.3) is 41.8 Å². The SMILES string of the molecule is CC[C@H](Nc1cc(C)c(-c2sc(C(=O)NCC3(O)CC3)nc2C(=O)N2CCC[C@@H]2C)cn1)C1CC1.Cc1cc(NC(C)C)ncc1-c1sc(C(=O)NC2CC(C)(O)C2)nc1C(=O)N1CC(F)(F)C[C@@H]1C.Cc1cc(NCC(C)(C)C)ncc1-c1sc(C(=O)NC(C)(C)CO)nc1C(=O)N1CC(F)(F)C[C@@H]1C.[2H]C([2H])([2H])C(C)(O)CNC(=O)c1nc(C(=O)N2CCC[C@@H]2C)c(-c2cnc(N[C@H](C)CC)cc2C)s1. The quantitative estimate of drug-likeness (QED) is 0.0186. The van der Waals surface area contributed by atoms with Gasteiger partial charge in [0.2, 0.25) is 0 Å². The molecule has 3 saturated carbocycles. The van der Waals surface area contributed by atoms with Gasteiger partial charge in [0.05, 0.1) is 61.5 Å². The van der Waals surface area contributed by atoms with Crippen molar-refractivity contribution in [1.82, 2.24) is 80.7 Å². The smallest absolute Gasteiger partial charge is 0.280 e. The molecular formula is C99H136F4N20O12S4. The molecule has 32 nitrogen and oxygen atoms in total. The molecule has 8 amide bonds. The minimum atomic E-state index is -2.98. The number of halogens is 4. The normalized spacial score (nSPS) is 21.3. The van der Waals surface area contributed by atoms with Crippen LogP contribution >= 0.6 is 45.3 Å². The summed E-state index contributed by atoms with van der Waals surface area (Å²) < 4.78 is 78.5. The predicted octanol–water partition coefficient (Wildman–Crippen LogP) is 16.0. The van der Waals surface area contributed by atoms with Crippen molar-refractivity contribution >= 4 is 116 Å². The number of pyridine rings is 4. The van der Waals surface area contributed by atoms with Crippen molar-refractivity contribution in [3.8, 4) is 41.8 Å². The van der Waals surface area contributed by atoms with Gasteiger partial charge in [0.25, 0.3) is 59.1 Å². The summed E-state index contributed by atoms with van der Waals surface area (Å²) in [5.41, 5.74) is 2.03. The van der Waals surface area contributed by atoms with Crippen LogP contribution in [0.4, 0.5) is 40.8 Å². The number of thiazole rings is 4. The molecule has 0 bridgehead atoms. The lowest BCUT2D eigenvalue weighted by Crippen LogP contribution is -2.53. The number of amides is 8. The van der Waals surface area contributed by atoms with Gasteiger partial charge >= 0.3 is 0 Å². The van der Waals surface area contributed by atoms with Crippen LogP contribution in [0.1, 0.15) is 315 Å². The van der Waals surface area contributed by atoms with Crippen molar-refractivity contribution in [2.24, 2.45) is 11.3 Å². The number of nitrogens with zero attached hydrogens (tertiary/aromatic N) is 12. The van der Waals surface area contributed by atoms with Gasteiger partial charge in [-0.1, -0.05) is 34.6 Å². The Hall–Kier alpha value is -10.4. The molecule has 4 saturated heterocycles. The Morgan fingerprint density at radius 1 is 0.518 bits per heavy atom. The highest BCUT2D eigenvalue weighted by Crippen LogP contribution is 2.45. The molecule has 8 aromatic rings. The molecule has 40 heteroatoms. The van der Waals surface area contributed by atoms with E-state index in [1.54, 1.807) is 64.3 Å². The van der Waals surface area contributed by atoms with Crippen LogP contribution in [0.3, 0.4) is 0 Å². The van der Waals surface area contributed by atoms with Crippen LogP contribution < -0.4 is 42.5 Å². The molecule has 7 aliphatic rings. The van der Waals surface area contributed by atoms with Crippen molar-refractivity contribution in [3.05, 3.63) is 114 Å². The van der Waals surface area contributed by atoms with Crippen LogP contribution in [0.2, 0.25) is 0 Å². The molecule has 0 aromatic carbocycles. The van der Waals surface area contributed by atoms with E-state index >= 15 is 0 Å². The number of aliphatic hydroxyl groups is 4. The molecule has 4 aliphatic heterocycles. The van der Waals surface area contributed by atoms with E-state index in [0.29, 0.717) is 105 Å². The number of anilines is 4. The molecule has 0 spiro atoms. The Morgan fingerprint density at radius 3 is 1.25 bits per heavy atom. The van der Waals surface area contributed by atoms with Gasteiger partial charge in [-0.3, -0.25) is 38.4 Å². The predicted molar refractivity (Wildman–Crippen MR) is 535 cm³/mol. The first kappa shape index (κ1) is 103. The van der Waals surface area contributed by atoms with E-state index in [9.17, 15) is 76.3 Å². The number of likely N-dealkylation sites (tertiary alicyclic amines) is 4. The van der Waals surface area contributed by atoms with E-state index in [-0.39, 0.29) is 104 Å². The zero-order valence-electron chi connectivity index (χ0n) is 85.9. The Morgan fingerprint density at radius 2 is 0.906 bits per heavy atom. The number of rotatable bonds is 30. The van der Waals surface area contributed by atoms with Gasteiger partial charge in [0.1, 0.15) is 46.0 Å². The minimum Gasteiger partial charge on any atom is -0.394 e. The van der Waals surface area contributed by atoms with Gasteiger partial charge in [0, 0.05) is 145 Å². The number of aliphatic hydroxyl groups excluding tert-OH is 1. The largest absolute Gasteiger partial charge is 0.394 e. The number of alkyl halides is 4. The van der Waals surface area contributed by atoms with Crippen molar-refractivity contribution < 1.29 is 80.5 Å². The molecule has 0 radical (unpaired) electrons. The second-order valence-electron chi connectivity index (χ2n) is 41.1. The zero-order valence-corrected chi connectivity index (χ0v) is 86.2. The number of aryl methyl sites for hydroxylation is 4. The Balaban J connectivity index is 0.000000169. The van der Waals surface area contributed by atoms with Crippen LogP contribution in [0.15, 0.2) is 49.1 Å². The first-order chi connectivity index (χ1) is 66.3. The molecule has 12 heterocycles. The highest BCUT2D eigenvalue weighted by atomic mass is 32.1. The fourth-order valence-corrected chi connectivity index (χ4v) is 21.2. The van der Waals surface area contributed by atoms with Gasteiger partial charge in [-0.2, -0.15) is 0 Å². The summed E-state index contributed by atoms with van der Waals surface area (Å²) in [5, 5.41) is 64.3. The number of hydrogen-bond acceptors (Lipinski definition) is 28. The zero-order chi connectivity index (χ0) is 104. The lowest BCUT2D eigenvalue weighted by Gasteiger charge is -2.40. The first-order valence-electron chi connectivity index (χ1n) is 49.2. The van der Waals surface area contributed by atoms with E-state index < -0.39 is 115 Å². The van der Waals surface area contributed by atoms with Crippen LogP contribution in [0.5, 0.6) is 0 Å². The standard InChI is InChI=1S/C26H35N5O3S.C25H35F2N5O3S.C24H31F2N5O3S.C24H35N5O3S/c1-4-19(17-7-8-17)29-20-12-15(2)18(13-27-20)22-21(25(33)31-11-5-6-16(31)3)30-24(35-22)23(32)28-14-26(34)9-10-26;1-14-8-17(29-11-23(3,4)5)28-10-16(14)19-18(22(35)32-12-25(26,27)9-15(32)2)30-21(36-19)20(34)31-24(6,7)13-33;1-12(2)28-17-6-13(3)16(10-27-17)19-18(22(33)31-11-24(25,26)7-14(31)4)30-21(35-19)20(32)29-15-8-23(5,34)9-15;1-7-15(3)27-18-11-14(2)17(12-25-18)20-19(23(31)29-10-8-9-16(29)4)28-22(33-20)21(30)26-13-24(5,6)32/h12-13,16-17,19,34H,4-11,14H2,1-3H3,(H,27,29)(H,28,32);8,10,15,33H,9,11-13H2,1-7H3,(H,28,29)(H,31,34);6,10,12,14-15,34H,7-9,11H2,1-5H3,(H,27,28)(H,29,32);11-12,15-16,32H,7-10,13H2,1-6H3,(H,25,27)(H,26,30)/t16-,19-;15-;14-,15?,23?;15-,16+/m0001/s1/i;;;5D3/t;;;15-,16+,24?. The molecular weight excluding hydrogens is 1870 g/mol. The summed E-state index contributed by atoms with van der Waals surface area (Å²) in [4.78, 5) is 149. The van der Waals surface area contributed by atoms with Crippen molar-refractivity contribution in [3.63, 3.8) is 0 Å². The Labute approximate surface area is 830 Å². The van der Waals surface area contributed by atoms with Crippen molar-refractivity contribution in [1.29, 1.82) is 0 Å². The Kier molecular flexibility index (Phi) is 32.3.